The summed E-state index contributed by atoms with van der Waals surface area (Å²) in [6, 6.07) is 3.27. The number of hydrogen-bond acceptors (Lipinski definition) is 6. The third-order valence-electron chi connectivity index (χ3n) is 3.81. The molecule has 0 amide bonds. The minimum atomic E-state index is -0.312. The van der Waals surface area contributed by atoms with Crippen LogP contribution in [0.2, 0.25) is 0 Å². The van der Waals surface area contributed by atoms with E-state index in [-0.39, 0.29) is 17.1 Å². The lowest BCUT2D eigenvalue weighted by atomic mass is 10.0. The molecule has 0 saturated carbocycles. The van der Waals surface area contributed by atoms with Crippen molar-refractivity contribution in [1.82, 2.24) is 0 Å². The molecule has 0 N–H and O–H groups in total. The summed E-state index contributed by atoms with van der Waals surface area (Å²) >= 11 is 10.3. The molecule has 0 aliphatic heterocycles. The molecular formula is C18H17Br3O6. The van der Waals surface area contributed by atoms with Crippen molar-refractivity contribution in [2.45, 2.75) is 0 Å². The van der Waals surface area contributed by atoms with Gasteiger partial charge in [0.25, 0.3) is 0 Å². The van der Waals surface area contributed by atoms with E-state index in [1.165, 1.54) is 35.5 Å². The second-order valence-electron chi connectivity index (χ2n) is 5.12. The molecule has 146 valence electrons. The summed E-state index contributed by atoms with van der Waals surface area (Å²) in [7, 11) is 7.46. The number of ether oxygens (including phenoxy) is 5. The topological polar surface area (TPSA) is 63.2 Å². The van der Waals surface area contributed by atoms with Crippen LogP contribution < -0.4 is 23.7 Å². The van der Waals surface area contributed by atoms with Crippen LogP contribution in [0.15, 0.2) is 25.6 Å². The Morgan fingerprint density at radius 1 is 0.704 bits per heavy atom. The van der Waals surface area contributed by atoms with Gasteiger partial charge in [0.05, 0.1) is 50.1 Å². The molecule has 0 aliphatic rings. The lowest BCUT2D eigenvalue weighted by Gasteiger charge is -2.19. The van der Waals surface area contributed by atoms with Crippen molar-refractivity contribution >= 4 is 53.6 Å². The quantitative estimate of drug-likeness (QED) is 0.425. The number of carbonyl (C=O) groups excluding carboxylic acids is 1. The Morgan fingerprint density at radius 3 is 1.70 bits per heavy atom. The number of methoxy groups -OCH3 is 5. The number of benzene rings is 2. The van der Waals surface area contributed by atoms with Gasteiger partial charge in [0, 0.05) is 10.0 Å². The summed E-state index contributed by atoms with van der Waals surface area (Å²) in [5.74, 6) is 1.57. The van der Waals surface area contributed by atoms with Crippen molar-refractivity contribution in [2.75, 3.05) is 35.5 Å². The monoisotopic (exact) mass is 566 g/mol. The third-order valence-corrected chi connectivity index (χ3v) is 6.55. The first-order valence-electron chi connectivity index (χ1n) is 7.49. The van der Waals surface area contributed by atoms with Gasteiger partial charge in [-0.05, 0) is 59.9 Å². The fourth-order valence-corrected chi connectivity index (χ4v) is 4.14. The smallest absolute Gasteiger partial charge is 0.205 e. The highest BCUT2D eigenvalue weighted by atomic mass is 79.9. The molecule has 9 heteroatoms. The summed E-state index contributed by atoms with van der Waals surface area (Å²) in [4.78, 5) is 13.4. The van der Waals surface area contributed by atoms with Crippen molar-refractivity contribution in [3.8, 4) is 28.7 Å². The van der Waals surface area contributed by atoms with E-state index in [1.54, 1.807) is 12.1 Å². The second-order valence-corrected chi connectivity index (χ2v) is 7.56. The fraction of sp³-hybridized carbons (Fsp3) is 0.278. The zero-order chi connectivity index (χ0) is 20.3. The van der Waals surface area contributed by atoms with Crippen molar-refractivity contribution in [1.29, 1.82) is 0 Å². The maximum absolute atomic E-state index is 13.4. The van der Waals surface area contributed by atoms with Gasteiger partial charge in [-0.3, -0.25) is 4.79 Å². The minimum absolute atomic E-state index is 0.246. The zero-order valence-corrected chi connectivity index (χ0v) is 20.0. The summed E-state index contributed by atoms with van der Waals surface area (Å²) in [5, 5.41) is 0. The fourth-order valence-electron chi connectivity index (χ4n) is 2.55. The van der Waals surface area contributed by atoms with Gasteiger partial charge in [-0.2, -0.15) is 0 Å². The highest BCUT2D eigenvalue weighted by Gasteiger charge is 2.30. The highest BCUT2D eigenvalue weighted by molar-refractivity contribution is 9.13. The molecule has 2 aromatic rings. The molecule has 0 fully saturated rings. The maximum Gasteiger partial charge on any atom is 0.205 e. The number of carbonyl (C=O) groups is 1. The first-order chi connectivity index (χ1) is 12.9. The Bertz CT molecular complexity index is 882. The van der Waals surface area contributed by atoms with Crippen LogP contribution >= 0.6 is 47.8 Å². The summed E-state index contributed by atoms with van der Waals surface area (Å²) in [6.45, 7) is 0. The molecule has 0 aliphatic carbocycles. The number of halogens is 3. The van der Waals surface area contributed by atoms with Crippen LogP contribution in [0.4, 0.5) is 0 Å². The number of hydrogen-bond donors (Lipinski definition) is 0. The van der Waals surface area contributed by atoms with Gasteiger partial charge in [0.2, 0.25) is 5.75 Å². The van der Waals surface area contributed by atoms with Crippen LogP contribution in [-0.4, -0.2) is 41.3 Å². The van der Waals surface area contributed by atoms with Crippen LogP contribution in [0.25, 0.3) is 0 Å². The highest BCUT2D eigenvalue weighted by Crippen LogP contribution is 2.51. The lowest BCUT2D eigenvalue weighted by molar-refractivity contribution is 0.103. The lowest BCUT2D eigenvalue weighted by Crippen LogP contribution is -2.09. The molecule has 2 rings (SSSR count). The molecule has 0 heterocycles. The van der Waals surface area contributed by atoms with Gasteiger partial charge in [0.15, 0.2) is 28.8 Å². The molecule has 27 heavy (non-hydrogen) atoms. The Hall–Kier alpha value is -1.45. The Labute approximate surface area is 182 Å². The van der Waals surface area contributed by atoms with Gasteiger partial charge >= 0.3 is 0 Å². The standard InChI is InChI=1S/C18H17Br3O6/c1-23-10-6-8(9(19)7-11(10)24-2)15(22)12-13(20)14(21)17(26-4)18(27-5)16(12)25-3/h6-7H,1-5H3. The van der Waals surface area contributed by atoms with E-state index in [1.807, 2.05) is 0 Å². The SMILES string of the molecule is COc1cc(Br)c(C(=O)c2c(Br)c(Br)c(OC)c(OC)c2OC)cc1OC. The van der Waals surface area contributed by atoms with Crippen LogP contribution in [0, 0.1) is 0 Å². The average molecular weight is 569 g/mol. The van der Waals surface area contributed by atoms with Crippen molar-refractivity contribution < 1.29 is 28.5 Å². The maximum atomic E-state index is 13.4. The molecule has 0 bridgehead atoms. The minimum Gasteiger partial charge on any atom is -0.493 e. The van der Waals surface area contributed by atoms with Crippen LogP contribution in [-0.2, 0) is 0 Å². The molecule has 0 radical (unpaired) electrons. The molecular weight excluding hydrogens is 552 g/mol. The van der Waals surface area contributed by atoms with Crippen molar-refractivity contribution in [3.63, 3.8) is 0 Å². The summed E-state index contributed by atoms with van der Waals surface area (Å²) in [5.41, 5.74) is 0.640. The van der Waals surface area contributed by atoms with Gasteiger partial charge in [-0.15, -0.1) is 0 Å². The van der Waals surface area contributed by atoms with Gasteiger partial charge in [-0.25, -0.2) is 0 Å². The van der Waals surface area contributed by atoms with E-state index in [9.17, 15) is 4.79 Å². The number of rotatable bonds is 7. The number of ketones is 1. The van der Waals surface area contributed by atoms with E-state index < -0.39 is 0 Å². The predicted molar refractivity (Wildman–Crippen MR) is 112 cm³/mol. The Kier molecular flexibility index (Phi) is 7.41. The van der Waals surface area contributed by atoms with Crippen LogP contribution in [0.3, 0.4) is 0 Å². The Morgan fingerprint density at radius 2 is 1.22 bits per heavy atom. The predicted octanol–water partition coefficient (Wildman–Crippen LogP) is 5.25. The van der Waals surface area contributed by atoms with E-state index in [0.29, 0.717) is 42.0 Å². The first kappa shape index (κ1) is 21.8. The van der Waals surface area contributed by atoms with E-state index in [0.717, 1.165) is 0 Å². The molecule has 0 aromatic heterocycles. The van der Waals surface area contributed by atoms with Crippen molar-refractivity contribution in [3.05, 3.63) is 36.7 Å². The van der Waals surface area contributed by atoms with Gasteiger partial charge in [0.1, 0.15) is 0 Å². The Balaban J connectivity index is 2.79. The zero-order valence-electron chi connectivity index (χ0n) is 15.2. The molecule has 0 unspecified atom stereocenters. The average Bonchev–Trinajstić information content (AvgIpc) is 2.68. The van der Waals surface area contributed by atoms with Crippen LogP contribution in [0.1, 0.15) is 15.9 Å². The molecule has 0 spiro atoms. The van der Waals surface area contributed by atoms with E-state index in [4.69, 9.17) is 23.7 Å². The molecule has 2 aromatic carbocycles. The first-order valence-corrected chi connectivity index (χ1v) is 9.87. The van der Waals surface area contributed by atoms with Crippen LogP contribution in [0.5, 0.6) is 28.7 Å². The van der Waals surface area contributed by atoms with Crippen molar-refractivity contribution in [2.24, 2.45) is 0 Å². The normalized spacial score (nSPS) is 10.4. The van der Waals surface area contributed by atoms with E-state index in [2.05, 4.69) is 47.8 Å². The summed E-state index contributed by atoms with van der Waals surface area (Å²) in [6.07, 6.45) is 0. The van der Waals surface area contributed by atoms with E-state index >= 15 is 0 Å². The molecule has 0 atom stereocenters. The van der Waals surface area contributed by atoms with Gasteiger partial charge < -0.3 is 23.7 Å². The van der Waals surface area contributed by atoms with Gasteiger partial charge in [-0.1, -0.05) is 0 Å². The summed E-state index contributed by atoms with van der Waals surface area (Å²) < 4.78 is 28.4. The molecule has 0 saturated heterocycles. The third kappa shape index (κ3) is 3.90. The second kappa shape index (κ2) is 9.16. The molecule has 6 nitrogen and oxygen atoms in total. The largest absolute Gasteiger partial charge is 0.493 e.